The first-order valence-corrected chi connectivity index (χ1v) is 11.7. The molecule has 2 heterocycles. The zero-order valence-corrected chi connectivity index (χ0v) is 20.3. The lowest BCUT2D eigenvalue weighted by atomic mass is 9.87. The third-order valence-electron chi connectivity index (χ3n) is 5.94. The van der Waals surface area contributed by atoms with E-state index >= 15 is 0 Å². The van der Waals surface area contributed by atoms with E-state index in [9.17, 15) is 4.79 Å². The summed E-state index contributed by atoms with van der Waals surface area (Å²) >= 11 is 0. The van der Waals surface area contributed by atoms with Crippen molar-refractivity contribution in [1.82, 2.24) is 15.6 Å². The predicted octanol–water partition coefficient (Wildman–Crippen LogP) is 3.42. The molecule has 7 heteroatoms. The topological polar surface area (TPSA) is 75.7 Å². The molecule has 2 unspecified atom stereocenters. The minimum atomic E-state index is -0.576. The maximum Gasteiger partial charge on any atom is 0.247 e. The Balaban J connectivity index is 1.89. The molecule has 1 fully saturated rings. The SMILES string of the molecule is COCCNC(=O)C(c1cccnc1)N(COCC1CCCN1)c1ccc(C(C)(C)C)cc1. The lowest BCUT2D eigenvalue weighted by Gasteiger charge is -2.33. The maximum absolute atomic E-state index is 13.4. The van der Waals surface area contributed by atoms with Crippen LogP contribution in [0, 0.1) is 0 Å². The van der Waals surface area contributed by atoms with E-state index in [-0.39, 0.29) is 11.3 Å². The minimum absolute atomic E-state index is 0.0499. The number of nitrogens with one attached hydrogen (secondary N) is 2. The van der Waals surface area contributed by atoms with Crippen molar-refractivity contribution in [1.29, 1.82) is 0 Å². The second kappa shape index (κ2) is 12.1. The molecular weight excluding hydrogens is 416 g/mol. The van der Waals surface area contributed by atoms with Gasteiger partial charge in [0.25, 0.3) is 0 Å². The van der Waals surface area contributed by atoms with Crippen LogP contribution < -0.4 is 15.5 Å². The smallest absolute Gasteiger partial charge is 0.247 e. The summed E-state index contributed by atoms with van der Waals surface area (Å²) in [5.41, 5.74) is 3.03. The van der Waals surface area contributed by atoms with Gasteiger partial charge in [0.1, 0.15) is 12.8 Å². The number of rotatable bonds is 11. The van der Waals surface area contributed by atoms with Crippen LogP contribution in [0.1, 0.15) is 50.8 Å². The fraction of sp³-hybridized carbons (Fsp3) is 0.538. The number of pyridine rings is 1. The first-order valence-electron chi connectivity index (χ1n) is 11.7. The monoisotopic (exact) mass is 454 g/mol. The second-order valence-corrected chi connectivity index (χ2v) is 9.53. The molecule has 1 aliphatic rings. The summed E-state index contributed by atoms with van der Waals surface area (Å²) in [5.74, 6) is -0.109. The van der Waals surface area contributed by atoms with Crippen molar-refractivity contribution in [3.8, 4) is 0 Å². The average molecular weight is 455 g/mol. The Morgan fingerprint density at radius 1 is 1.27 bits per heavy atom. The highest BCUT2D eigenvalue weighted by atomic mass is 16.5. The summed E-state index contributed by atoms with van der Waals surface area (Å²) in [6, 6.07) is 12.0. The van der Waals surface area contributed by atoms with Crippen molar-refractivity contribution in [3.05, 3.63) is 59.9 Å². The minimum Gasteiger partial charge on any atom is -0.383 e. The van der Waals surface area contributed by atoms with Gasteiger partial charge in [0.15, 0.2) is 0 Å². The van der Waals surface area contributed by atoms with Crippen molar-refractivity contribution >= 4 is 11.6 Å². The lowest BCUT2D eigenvalue weighted by Crippen LogP contribution is -2.43. The van der Waals surface area contributed by atoms with E-state index in [4.69, 9.17) is 9.47 Å². The van der Waals surface area contributed by atoms with E-state index in [0.717, 1.165) is 24.2 Å². The van der Waals surface area contributed by atoms with E-state index in [0.29, 0.717) is 32.5 Å². The molecule has 0 aliphatic carbocycles. The van der Waals surface area contributed by atoms with Crippen molar-refractivity contribution < 1.29 is 14.3 Å². The van der Waals surface area contributed by atoms with Crippen LogP contribution in [0.2, 0.25) is 0 Å². The number of carbonyl (C=O) groups is 1. The number of amides is 1. The highest BCUT2D eigenvalue weighted by Gasteiger charge is 2.29. The van der Waals surface area contributed by atoms with Gasteiger partial charge in [-0.15, -0.1) is 0 Å². The zero-order chi connectivity index (χ0) is 23.7. The number of methoxy groups -OCH3 is 1. The van der Waals surface area contributed by atoms with Crippen LogP contribution in [0.15, 0.2) is 48.8 Å². The number of hydrogen-bond acceptors (Lipinski definition) is 6. The lowest BCUT2D eigenvalue weighted by molar-refractivity contribution is -0.123. The quantitative estimate of drug-likeness (QED) is 0.400. The van der Waals surface area contributed by atoms with Crippen molar-refractivity contribution in [2.75, 3.05) is 45.0 Å². The van der Waals surface area contributed by atoms with E-state index in [2.05, 4.69) is 60.7 Å². The molecule has 0 bridgehead atoms. The van der Waals surface area contributed by atoms with Crippen molar-refractivity contribution in [3.63, 3.8) is 0 Å². The third kappa shape index (κ3) is 7.25. The summed E-state index contributed by atoms with van der Waals surface area (Å²) in [5, 5.41) is 6.46. The van der Waals surface area contributed by atoms with Gasteiger partial charge in [-0.3, -0.25) is 9.78 Å². The van der Waals surface area contributed by atoms with Gasteiger partial charge in [0.05, 0.1) is 13.2 Å². The Morgan fingerprint density at radius 3 is 2.67 bits per heavy atom. The highest BCUT2D eigenvalue weighted by molar-refractivity contribution is 5.86. The van der Waals surface area contributed by atoms with E-state index in [1.165, 1.54) is 12.0 Å². The van der Waals surface area contributed by atoms with Crippen LogP contribution in [0.5, 0.6) is 0 Å². The van der Waals surface area contributed by atoms with Gasteiger partial charge in [-0.05, 0) is 48.6 Å². The van der Waals surface area contributed by atoms with Crippen molar-refractivity contribution in [2.45, 2.75) is 51.1 Å². The van der Waals surface area contributed by atoms with Crippen LogP contribution in [0.4, 0.5) is 5.69 Å². The van der Waals surface area contributed by atoms with Crippen LogP contribution in [0.3, 0.4) is 0 Å². The molecule has 33 heavy (non-hydrogen) atoms. The number of carbonyl (C=O) groups excluding carboxylic acids is 1. The molecule has 180 valence electrons. The standard InChI is InChI=1S/C26H38N4O3/c1-26(2,3)21-9-11-23(12-10-21)30(19-33-18-22-8-6-14-28-22)24(20-7-5-13-27-17-20)25(31)29-15-16-32-4/h5,7,9-13,17,22,24,28H,6,8,14-16,18-19H2,1-4H3,(H,29,31). The summed E-state index contributed by atoms with van der Waals surface area (Å²) < 4.78 is 11.3. The summed E-state index contributed by atoms with van der Waals surface area (Å²) in [4.78, 5) is 19.7. The molecule has 0 radical (unpaired) electrons. The summed E-state index contributed by atoms with van der Waals surface area (Å²) in [6.45, 7) is 9.42. The van der Waals surface area contributed by atoms with Crippen LogP contribution >= 0.6 is 0 Å². The molecule has 2 N–H and O–H groups in total. The van der Waals surface area contributed by atoms with E-state index in [1.807, 2.05) is 17.0 Å². The van der Waals surface area contributed by atoms with Gasteiger partial charge in [-0.25, -0.2) is 0 Å². The fourth-order valence-electron chi connectivity index (χ4n) is 4.03. The Morgan fingerprint density at radius 2 is 2.06 bits per heavy atom. The van der Waals surface area contributed by atoms with Gasteiger partial charge in [0, 0.05) is 43.3 Å². The number of hydrogen-bond donors (Lipinski definition) is 2. The number of anilines is 1. The van der Waals surface area contributed by atoms with E-state index < -0.39 is 6.04 Å². The second-order valence-electron chi connectivity index (χ2n) is 9.53. The molecule has 0 spiro atoms. The first-order chi connectivity index (χ1) is 15.9. The van der Waals surface area contributed by atoms with Gasteiger partial charge in [0.2, 0.25) is 5.91 Å². The Labute approximate surface area is 197 Å². The normalized spacial score (nSPS) is 17.0. The number of nitrogens with zero attached hydrogens (tertiary/aromatic N) is 2. The van der Waals surface area contributed by atoms with E-state index in [1.54, 1.807) is 19.5 Å². The van der Waals surface area contributed by atoms with Crippen LogP contribution in [0.25, 0.3) is 0 Å². The largest absolute Gasteiger partial charge is 0.383 e. The Kier molecular flexibility index (Phi) is 9.23. The number of aromatic nitrogens is 1. The van der Waals surface area contributed by atoms with Gasteiger partial charge in [-0.1, -0.05) is 39.0 Å². The molecule has 1 saturated heterocycles. The summed E-state index contributed by atoms with van der Waals surface area (Å²) in [6.07, 6.45) is 5.75. The van der Waals surface area contributed by atoms with Crippen molar-refractivity contribution in [2.24, 2.45) is 0 Å². The molecule has 1 aromatic carbocycles. The van der Waals surface area contributed by atoms with Crippen LogP contribution in [-0.4, -0.2) is 57.1 Å². The molecule has 1 amide bonds. The number of ether oxygens (including phenoxy) is 2. The maximum atomic E-state index is 13.4. The predicted molar refractivity (Wildman–Crippen MR) is 131 cm³/mol. The summed E-state index contributed by atoms with van der Waals surface area (Å²) in [7, 11) is 1.62. The first kappa shape index (κ1) is 25.1. The zero-order valence-electron chi connectivity index (χ0n) is 20.3. The molecule has 1 aliphatic heterocycles. The molecule has 2 atom stereocenters. The Bertz CT molecular complexity index is 846. The molecule has 7 nitrogen and oxygen atoms in total. The molecule has 1 aromatic heterocycles. The van der Waals surface area contributed by atoms with Crippen LogP contribution in [-0.2, 0) is 19.7 Å². The molecule has 3 rings (SSSR count). The van der Waals surface area contributed by atoms with Gasteiger partial charge >= 0.3 is 0 Å². The highest BCUT2D eigenvalue weighted by Crippen LogP contribution is 2.30. The molecular formula is C26H38N4O3. The molecule has 2 aromatic rings. The van der Waals surface area contributed by atoms with Gasteiger partial charge < -0.3 is 25.0 Å². The average Bonchev–Trinajstić information content (AvgIpc) is 3.32. The molecule has 0 saturated carbocycles. The number of benzene rings is 1. The fourth-order valence-corrected chi connectivity index (χ4v) is 4.03. The van der Waals surface area contributed by atoms with Gasteiger partial charge in [-0.2, -0.15) is 0 Å². The Hall–Kier alpha value is -2.48. The third-order valence-corrected chi connectivity index (χ3v) is 5.94.